The van der Waals surface area contributed by atoms with Gasteiger partial charge in [-0.25, -0.2) is 0 Å². The molecule has 2 aliphatic rings. The van der Waals surface area contributed by atoms with E-state index in [0.717, 1.165) is 44.4 Å². The third kappa shape index (κ3) is 3.73. The lowest BCUT2D eigenvalue weighted by atomic mass is 9.68. The largest absolute Gasteiger partial charge is 0.456 e. The van der Waals surface area contributed by atoms with Crippen LogP contribution in [0.25, 0.3) is 93.6 Å². The quantitative estimate of drug-likeness (QED) is 0.186. The Bertz CT molecular complexity index is 3070. The van der Waals surface area contributed by atoms with E-state index in [1.807, 2.05) is 12.1 Å². The van der Waals surface area contributed by atoms with Crippen LogP contribution >= 0.6 is 0 Å². The highest BCUT2D eigenvalue weighted by atomic mass is 16.3. The Labute approximate surface area is 294 Å². The van der Waals surface area contributed by atoms with Crippen LogP contribution in [0.3, 0.4) is 0 Å². The molecule has 0 saturated heterocycles. The van der Waals surface area contributed by atoms with E-state index in [0.29, 0.717) is 0 Å². The minimum Gasteiger partial charge on any atom is -0.456 e. The van der Waals surface area contributed by atoms with Crippen molar-refractivity contribution >= 4 is 65.7 Å². The van der Waals surface area contributed by atoms with Crippen LogP contribution in [0.4, 0.5) is 0 Å². The predicted molar refractivity (Wildman–Crippen MR) is 210 cm³/mol. The van der Waals surface area contributed by atoms with E-state index in [9.17, 15) is 0 Å². The highest BCUT2D eigenvalue weighted by molar-refractivity contribution is 6.12. The summed E-state index contributed by atoms with van der Waals surface area (Å²) in [6.45, 7) is 0. The first kappa shape index (κ1) is 27.7. The summed E-state index contributed by atoms with van der Waals surface area (Å²) in [6, 6.07) is 51.1. The van der Waals surface area contributed by atoms with Crippen LogP contribution < -0.4 is 0 Å². The lowest BCUT2D eigenvalue weighted by Crippen LogP contribution is -2.27. The summed E-state index contributed by atoms with van der Waals surface area (Å²) in [4.78, 5) is 0. The summed E-state index contributed by atoms with van der Waals surface area (Å²) in [5.74, 6) is 0. The van der Waals surface area contributed by atoms with Gasteiger partial charge in [0.1, 0.15) is 22.3 Å². The van der Waals surface area contributed by atoms with Crippen molar-refractivity contribution in [3.05, 3.63) is 151 Å². The van der Waals surface area contributed by atoms with Crippen LogP contribution in [0, 0.1) is 0 Å². The summed E-state index contributed by atoms with van der Waals surface area (Å²) in [5.41, 5.74) is 15.5. The minimum absolute atomic E-state index is 0.133. The first-order valence-electron chi connectivity index (χ1n) is 18.3. The van der Waals surface area contributed by atoms with Crippen LogP contribution in [0.15, 0.2) is 148 Å². The van der Waals surface area contributed by atoms with E-state index in [1.54, 1.807) is 0 Å². The molecule has 0 bridgehead atoms. The summed E-state index contributed by atoms with van der Waals surface area (Å²) in [5, 5.41) is 7.17. The van der Waals surface area contributed by atoms with E-state index in [-0.39, 0.29) is 5.41 Å². The molecule has 12 rings (SSSR count). The molecule has 0 atom stereocenters. The molecular formula is C48H33NO2. The average Bonchev–Trinajstić information content (AvgIpc) is 3.91. The molecule has 51 heavy (non-hydrogen) atoms. The Hall–Kier alpha value is -6.06. The summed E-state index contributed by atoms with van der Waals surface area (Å²) < 4.78 is 15.2. The number of nitrogens with zero attached hydrogens (tertiary/aromatic N) is 1. The number of aromatic nitrogens is 1. The fraction of sp³-hybridized carbons (Fsp3) is 0.125. The van der Waals surface area contributed by atoms with Crippen molar-refractivity contribution < 1.29 is 8.83 Å². The molecule has 3 aromatic heterocycles. The molecule has 0 amide bonds. The molecule has 0 unspecified atom stereocenters. The maximum Gasteiger partial charge on any atom is 0.136 e. The second-order valence-corrected chi connectivity index (χ2v) is 14.8. The number of furan rings is 2. The molecule has 1 saturated carbocycles. The summed E-state index contributed by atoms with van der Waals surface area (Å²) in [7, 11) is 0. The van der Waals surface area contributed by atoms with Crippen molar-refractivity contribution in [2.75, 3.05) is 0 Å². The highest BCUT2D eigenvalue weighted by Crippen LogP contribution is 2.57. The Morgan fingerprint density at radius 3 is 2.04 bits per heavy atom. The van der Waals surface area contributed by atoms with Gasteiger partial charge in [0.25, 0.3) is 0 Å². The Kier molecular flexibility index (Phi) is 5.45. The maximum absolute atomic E-state index is 6.70. The molecular weight excluding hydrogens is 623 g/mol. The third-order valence-corrected chi connectivity index (χ3v) is 12.2. The molecule has 0 aliphatic heterocycles. The molecule has 3 nitrogen and oxygen atoms in total. The Balaban J connectivity index is 1.00. The average molecular weight is 656 g/mol. The van der Waals surface area contributed by atoms with Gasteiger partial charge in [-0.15, -0.1) is 0 Å². The standard InChI is InChI=1S/C48H33NO2/c1-8-22-48(23-9-1)40-13-5-2-10-32(40)36-28-47-39(27-41(36)48)35-19-16-30(25-46(35)51-47)29-17-20-43-37(24-29)33-11-3-6-14-42(33)49(43)31-18-21-45-38(26-31)34-12-4-7-15-44(34)50-45/h2-7,10-21,24-28H,1,8-9,22-23H2. The number of hydrogen-bond acceptors (Lipinski definition) is 2. The zero-order chi connectivity index (χ0) is 33.3. The second kappa shape index (κ2) is 10.0. The van der Waals surface area contributed by atoms with Gasteiger partial charge in [-0.3, -0.25) is 0 Å². The highest BCUT2D eigenvalue weighted by Gasteiger charge is 2.44. The van der Waals surface area contributed by atoms with Crippen LogP contribution in [0.2, 0.25) is 0 Å². The second-order valence-electron chi connectivity index (χ2n) is 14.8. The van der Waals surface area contributed by atoms with Crippen LogP contribution in [0.5, 0.6) is 0 Å². The number of para-hydroxylation sites is 2. The summed E-state index contributed by atoms with van der Waals surface area (Å²) >= 11 is 0. The van der Waals surface area contributed by atoms with Gasteiger partial charge in [0.05, 0.1) is 11.0 Å². The lowest BCUT2D eigenvalue weighted by molar-refractivity contribution is 0.353. The zero-order valence-electron chi connectivity index (χ0n) is 28.1. The molecule has 7 aromatic carbocycles. The van der Waals surface area contributed by atoms with Crippen LogP contribution in [-0.4, -0.2) is 4.57 Å². The predicted octanol–water partition coefficient (Wildman–Crippen LogP) is 13.5. The topological polar surface area (TPSA) is 31.2 Å². The third-order valence-electron chi connectivity index (χ3n) is 12.2. The Morgan fingerprint density at radius 1 is 0.412 bits per heavy atom. The molecule has 0 N–H and O–H groups in total. The molecule has 1 fully saturated rings. The minimum atomic E-state index is 0.133. The molecule has 2 aliphatic carbocycles. The van der Waals surface area contributed by atoms with Crippen molar-refractivity contribution in [3.63, 3.8) is 0 Å². The number of benzene rings is 7. The number of rotatable bonds is 2. The van der Waals surface area contributed by atoms with Gasteiger partial charge in [-0.05, 0) is 113 Å². The lowest BCUT2D eigenvalue weighted by Gasteiger charge is -2.35. The van der Waals surface area contributed by atoms with Gasteiger partial charge < -0.3 is 13.4 Å². The zero-order valence-corrected chi connectivity index (χ0v) is 28.1. The van der Waals surface area contributed by atoms with Gasteiger partial charge in [-0.1, -0.05) is 92.1 Å². The van der Waals surface area contributed by atoms with E-state index in [4.69, 9.17) is 8.83 Å². The van der Waals surface area contributed by atoms with Crippen molar-refractivity contribution in [2.24, 2.45) is 0 Å². The SMILES string of the molecule is c1ccc2c(c1)-c1cc3oc4cc(-c5ccc6c(c5)c5ccccc5n6-c5ccc6oc7ccccc7c6c5)ccc4c3cc1C21CCCCC1. The smallest absolute Gasteiger partial charge is 0.136 e. The van der Waals surface area contributed by atoms with Crippen molar-refractivity contribution in [1.82, 2.24) is 4.57 Å². The maximum atomic E-state index is 6.70. The normalized spacial score (nSPS) is 15.2. The Morgan fingerprint density at radius 2 is 1.10 bits per heavy atom. The van der Waals surface area contributed by atoms with Gasteiger partial charge in [-0.2, -0.15) is 0 Å². The van der Waals surface area contributed by atoms with Gasteiger partial charge >= 0.3 is 0 Å². The molecule has 10 aromatic rings. The summed E-state index contributed by atoms with van der Waals surface area (Å²) in [6.07, 6.45) is 6.39. The molecule has 1 spiro atoms. The first-order valence-corrected chi connectivity index (χ1v) is 18.3. The van der Waals surface area contributed by atoms with Crippen molar-refractivity contribution in [3.8, 4) is 27.9 Å². The van der Waals surface area contributed by atoms with Crippen LogP contribution in [-0.2, 0) is 5.41 Å². The van der Waals surface area contributed by atoms with E-state index >= 15 is 0 Å². The van der Waals surface area contributed by atoms with Crippen molar-refractivity contribution in [1.29, 1.82) is 0 Å². The number of hydrogen-bond donors (Lipinski definition) is 0. The fourth-order valence-corrected chi connectivity index (χ4v) is 9.88. The van der Waals surface area contributed by atoms with Gasteiger partial charge in [0.15, 0.2) is 0 Å². The molecule has 0 radical (unpaired) electrons. The van der Waals surface area contributed by atoms with E-state index < -0.39 is 0 Å². The first-order chi connectivity index (χ1) is 25.2. The van der Waals surface area contributed by atoms with Gasteiger partial charge in [0.2, 0.25) is 0 Å². The van der Waals surface area contributed by atoms with Crippen LogP contribution in [0.1, 0.15) is 43.2 Å². The monoisotopic (exact) mass is 655 g/mol. The van der Waals surface area contributed by atoms with Crippen molar-refractivity contribution in [2.45, 2.75) is 37.5 Å². The van der Waals surface area contributed by atoms with E-state index in [1.165, 1.54) is 92.5 Å². The molecule has 3 heteroatoms. The fourth-order valence-electron chi connectivity index (χ4n) is 9.88. The van der Waals surface area contributed by atoms with E-state index in [2.05, 4.69) is 132 Å². The molecule has 242 valence electrons. The number of fused-ring (bicyclic) bond motifs is 14. The van der Waals surface area contributed by atoms with Gasteiger partial charge in [0, 0.05) is 43.4 Å². The molecule has 3 heterocycles.